The third-order valence-corrected chi connectivity index (χ3v) is 5.66. The molecule has 7 heteroatoms. The summed E-state index contributed by atoms with van der Waals surface area (Å²) in [4.78, 5) is 16.8. The summed E-state index contributed by atoms with van der Waals surface area (Å²) in [6, 6.07) is 20.5. The number of nitrogens with zero attached hydrogens (tertiary/aromatic N) is 2. The summed E-state index contributed by atoms with van der Waals surface area (Å²) >= 11 is 13.4. The van der Waals surface area contributed by atoms with Gasteiger partial charge in [-0.05, 0) is 24.3 Å². The number of amides is 1. The van der Waals surface area contributed by atoms with Crippen molar-refractivity contribution < 1.29 is 4.79 Å². The van der Waals surface area contributed by atoms with Crippen LogP contribution in [0.2, 0.25) is 10.0 Å². The summed E-state index contributed by atoms with van der Waals surface area (Å²) < 4.78 is 0. The fourth-order valence-corrected chi connectivity index (χ4v) is 3.72. The molecule has 1 heterocycles. The van der Waals surface area contributed by atoms with Crippen LogP contribution in [0.4, 0.5) is 5.69 Å². The monoisotopic (exact) mass is 427 g/mol. The second-order valence-electron chi connectivity index (χ2n) is 5.78. The van der Waals surface area contributed by atoms with Gasteiger partial charge < -0.3 is 5.32 Å². The average molecular weight is 428 g/mol. The zero-order valence-corrected chi connectivity index (χ0v) is 17.0. The number of nitriles is 1. The number of halogens is 2. The number of carbonyl (C=O) groups is 1. The van der Waals surface area contributed by atoms with Crippen LogP contribution in [0, 0.1) is 11.3 Å². The molecule has 0 atom stereocenters. The predicted octanol–water partition coefficient (Wildman–Crippen LogP) is 6.05. The number of rotatable bonds is 6. The number of benzene rings is 2. The van der Waals surface area contributed by atoms with Crippen LogP contribution in [0.3, 0.4) is 0 Å². The largest absolute Gasteiger partial charge is 0.325 e. The molecule has 0 aliphatic carbocycles. The lowest BCUT2D eigenvalue weighted by Gasteiger charge is -2.09. The maximum absolute atomic E-state index is 12.2. The Balaban J connectivity index is 1.64. The van der Waals surface area contributed by atoms with E-state index in [1.165, 1.54) is 11.8 Å². The van der Waals surface area contributed by atoms with E-state index in [1.54, 1.807) is 24.3 Å². The van der Waals surface area contributed by atoms with E-state index in [9.17, 15) is 10.1 Å². The van der Waals surface area contributed by atoms with Crippen LogP contribution in [-0.4, -0.2) is 16.6 Å². The van der Waals surface area contributed by atoms with Crippen LogP contribution in [0.15, 0.2) is 65.7 Å². The zero-order valence-electron chi connectivity index (χ0n) is 14.7. The van der Waals surface area contributed by atoms with E-state index in [-0.39, 0.29) is 12.3 Å². The molecule has 3 rings (SSSR count). The Kier molecular flexibility index (Phi) is 6.94. The van der Waals surface area contributed by atoms with E-state index in [2.05, 4.69) is 16.4 Å². The van der Waals surface area contributed by atoms with Crippen LogP contribution in [0.5, 0.6) is 0 Å². The van der Waals surface area contributed by atoms with Gasteiger partial charge in [-0.15, -0.1) is 11.8 Å². The molecule has 0 radical (unpaired) electrons. The van der Waals surface area contributed by atoms with Crippen molar-refractivity contribution in [3.63, 3.8) is 0 Å². The highest BCUT2D eigenvalue weighted by Crippen LogP contribution is 2.30. The number of nitrogens with one attached hydrogen (secondary N) is 1. The first kappa shape index (κ1) is 20.2. The molecular formula is C21H15Cl2N3OS. The normalized spacial score (nSPS) is 10.3. The molecule has 0 bridgehead atoms. The minimum atomic E-state index is -0.186. The van der Waals surface area contributed by atoms with E-state index in [1.807, 2.05) is 36.4 Å². The Labute approximate surface area is 177 Å². The van der Waals surface area contributed by atoms with Crippen LogP contribution in [0.1, 0.15) is 12.0 Å². The molecule has 0 saturated heterocycles. The lowest BCUT2D eigenvalue weighted by Crippen LogP contribution is -2.12. The standard InChI is InChI=1S/C21H15Cl2N3OS/c22-16-7-4-8-18(20(16)23)25-19(27)11-12-28-21-15(13-24)9-10-17(26-21)14-5-2-1-3-6-14/h1-10H,11-12H2,(H,25,27). The Morgan fingerprint density at radius 1 is 1.07 bits per heavy atom. The number of hydrogen-bond donors (Lipinski definition) is 1. The SMILES string of the molecule is N#Cc1ccc(-c2ccccc2)nc1SCCC(=O)Nc1cccc(Cl)c1Cl. The molecule has 0 unspecified atom stereocenters. The van der Waals surface area contributed by atoms with Crippen molar-refractivity contribution in [2.75, 3.05) is 11.1 Å². The Hall–Kier alpha value is -2.52. The highest BCUT2D eigenvalue weighted by molar-refractivity contribution is 7.99. The van der Waals surface area contributed by atoms with Gasteiger partial charge in [-0.3, -0.25) is 4.79 Å². The molecule has 4 nitrogen and oxygen atoms in total. The van der Waals surface area contributed by atoms with Crippen molar-refractivity contribution in [1.29, 1.82) is 5.26 Å². The van der Waals surface area contributed by atoms with Gasteiger partial charge in [0.05, 0.1) is 27.0 Å². The van der Waals surface area contributed by atoms with Crippen molar-refractivity contribution in [3.8, 4) is 17.3 Å². The second kappa shape index (κ2) is 9.61. The van der Waals surface area contributed by atoms with Crippen LogP contribution in [-0.2, 0) is 4.79 Å². The van der Waals surface area contributed by atoms with Crippen molar-refractivity contribution >= 4 is 46.6 Å². The fraction of sp³-hybridized carbons (Fsp3) is 0.0952. The first-order chi connectivity index (χ1) is 13.6. The number of carbonyl (C=O) groups excluding carboxylic acids is 1. The van der Waals surface area contributed by atoms with Gasteiger partial charge in [-0.25, -0.2) is 4.98 Å². The molecule has 3 aromatic rings. The maximum atomic E-state index is 12.2. The van der Waals surface area contributed by atoms with E-state index in [4.69, 9.17) is 23.2 Å². The smallest absolute Gasteiger partial charge is 0.225 e. The maximum Gasteiger partial charge on any atom is 0.225 e. The Bertz CT molecular complexity index is 1040. The third-order valence-electron chi connectivity index (χ3n) is 3.84. The molecule has 1 amide bonds. The van der Waals surface area contributed by atoms with Crippen LogP contribution in [0.25, 0.3) is 11.3 Å². The fourth-order valence-electron chi connectivity index (χ4n) is 2.46. The summed E-state index contributed by atoms with van der Waals surface area (Å²) in [6.45, 7) is 0. The van der Waals surface area contributed by atoms with Crippen LogP contribution < -0.4 is 5.32 Å². The van der Waals surface area contributed by atoms with Crippen molar-refractivity contribution in [1.82, 2.24) is 4.98 Å². The molecule has 28 heavy (non-hydrogen) atoms. The number of anilines is 1. The number of pyridine rings is 1. The highest BCUT2D eigenvalue weighted by Gasteiger charge is 2.11. The second-order valence-corrected chi connectivity index (χ2v) is 7.64. The van der Waals surface area contributed by atoms with E-state index in [0.29, 0.717) is 32.1 Å². The minimum Gasteiger partial charge on any atom is -0.325 e. The molecule has 0 saturated carbocycles. The number of aromatic nitrogens is 1. The lowest BCUT2D eigenvalue weighted by molar-refractivity contribution is -0.115. The number of thioether (sulfide) groups is 1. The Morgan fingerprint density at radius 3 is 2.61 bits per heavy atom. The molecule has 0 spiro atoms. The van der Waals surface area contributed by atoms with Crippen molar-refractivity contribution in [3.05, 3.63) is 76.3 Å². The van der Waals surface area contributed by atoms with E-state index in [0.717, 1.165) is 11.3 Å². The minimum absolute atomic E-state index is 0.186. The van der Waals surface area contributed by atoms with Gasteiger partial charge in [-0.2, -0.15) is 5.26 Å². The molecule has 0 aliphatic rings. The molecule has 0 fully saturated rings. The van der Waals surface area contributed by atoms with Crippen molar-refractivity contribution in [2.45, 2.75) is 11.4 Å². The quantitative estimate of drug-likeness (QED) is 0.486. The van der Waals surface area contributed by atoms with Gasteiger partial charge in [0.15, 0.2) is 0 Å². The van der Waals surface area contributed by atoms with Gasteiger partial charge in [0.2, 0.25) is 5.91 Å². The summed E-state index contributed by atoms with van der Waals surface area (Å²) in [7, 11) is 0. The van der Waals surface area contributed by atoms with Crippen LogP contribution >= 0.6 is 35.0 Å². The van der Waals surface area contributed by atoms with Gasteiger partial charge >= 0.3 is 0 Å². The Morgan fingerprint density at radius 2 is 1.86 bits per heavy atom. The molecule has 1 N–H and O–H groups in total. The molecule has 2 aromatic carbocycles. The van der Waals surface area contributed by atoms with Gasteiger partial charge in [0.1, 0.15) is 11.1 Å². The van der Waals surface area contributed by atoms with Gasteiger partial charge in [0, 0.05) is 17.7 Å². The summed E-state index contributed by atoms with van der Waals surface area (Å²) in [6.07, 6.45) is 0.246. The topological polar surface area (TPSA) is 65.8 Å². The highest BCUT2D eigenvalue weighted by atomic mass is 35.5. The first-order valence-electron chi connectivity index (χ1n) is 8.41. The number of hydrogen-bond acceptors (Lipinski definition) is 4. The van der Waals surface area contributed by atoms with Gasteiger partial charge in [0.25, 0.3) is 0 Å². The third kappa shape index (κ3) is 5.05. The van der Waals surface area contributed by atoms with E-state index >= 15 is 0 Å². The first-order valence-corrected chi connectivity index (χ1v) is 10.2. The summed E-state index contributed by atoms with van der Waals surface area (Å²) in [5.41, 5.74) is 2.73. The predicted molar refractivity (Wildman–Crippen MR) is 115 cm³/mol. The van der Waals surface area contributed by atoms with E-state index < -0.39 is 0 Å². The lowest BCUT2D eigenvalue weighted by atomic mass is 10.1. The molecular weight excluding hydrogens is 413 g/mol. The molecule has 0 aliphatic heterocycles. The average Bonchev–Trinajstić information content (AvgIpc) is 2.72. The summed E-state index contributed by atoms with van der Waals surface area (Å²) in [5, 5.41) is 13.4. The zero-order chi connectivity index (χ0) is 19.9. The summed E-state index contributed by atoms with van der Waals surface area (Å²) in [5.74, 6) is 0.290. The van der Waals surface area contributed by atoms with Gasteiger partial charge in [-0.1, -0.05) is 59.6 Å². The molecule has 140 valence electrons. The molecule has 1 aromatic heterocycles. The van der Waals surface area contributed by atoms with Crippen molar-refractivity contribution in [2.24, 2.45) is 0 Å².